The molecule has 1 aromatic rings. The van der Waals surface area contributed by atoms with E-state index < -0.39 is 11.0 Å². The highest BCUT2D eigenvalue weighted by Crippen LogP contribution is 2.40. The van der Waals surface area contributed by atoms with Gasteiger partial charge in [-0.3, -0.25) is 14.4 Å². The van der Waals surface area contributed by atoms with E-state index in [1.54, 1.807) is 19.0 Å². The summed E-state index contributed by atoms with van der Waals surface area (Å²) in [6.45, 7) is 7.31. The minimum Gasteiger partial charge on any atom is -0.347 e. The Morgan fingerprint density at radius 2 is 1.66 bits per heavy atom. The summed E-state index contributed by atoms with van der Waals surface area (Å²) in [5.74, 6) is 0.00636. The Kier molecular flexibility index (Phi) is 5.61. The number of hydrogen-bond donors (Lipinski definition) is 0. The number of carbonyl (C=O) groups is 3. The molecule has 0 radical (unpaired) electrons. The first-order chi connectivity index (χ1) is 13.6. The fourth-order valence-electron chi connectivity index (χ4n) is 4.18. The van der Waals surface area contributed by atoms with Gasteiger partial charge in [0.2, 0.25) is 11.8 Å². The summed E-state index contributed by atoms with van der Waals surface area (Å²) in [6.07, 6.45) is 1.13. The molecule has 7 heteroatoms. The molecule has 2 saturated heterocycles. The fourth-order valence-corrected chi connectivity index (χ4v) is 4.18. The van der Waals surface area contributed by atoms with E-state index in [2.05, 4.69) is 4.90 Å². The summed E-state index contributed by atoms with van der Waals surface area (Å²) in [4.78, 5) is 45.6. The van der Waals surface area contributed by atoms with Gasteiger partial charge in [0.15, 0.2) is 0 Å². The van der Waals surface area contributed by atoms with Crippen LogP contribution in [-0.4, -0.2) is 78.4 Å². The SMILES string of the molecule is CN(C)C(=O)CN1CN(c2ccccc2)C2(CCN(C(=O)C(C)(C)C)CC2)C1=O. The third-order valence-electron chi connectivity index (χ3n) is 5.93. The maximum Gasteiger partial charge on any atom is 0.250 e. The van der Waals surface area contributed by atoms with Gasteiger partial charge < -0.3 is 19.6 Å². The lowest BCUT2D eigenvalue weighted by Crippen LogP contribution is -2.58. The number of likely N-dealkylation sites (N-methyl/N-ethyl adjacent to an activating group) is 1. The summed E-state index contributed by atoms with van der Waals surface area (Å²) in [5.41, 5.74) is -0.174. The summed E-state index contributed by atoms with van der Waals surface area (Å²) < 4.78 is 0. The molecule has 3 rings (SSSR count). The van der Waals surface area contributed by atoms with Gasteiger partial charge in [0.1, 0.15) is 12.1 Å². The van der Waals surface area contributed by atoms with Crippen molar-refractivity contribution in [3.8, 4) is 0 Å². The van der Waals surface area contributed by atoms with E-state index in [0.29, 0.717) is 32.6 Å². The van der Waals surface area contributed by atoms with E-state index in [1.165, 1.54) is 4.90 Å². The maximum absolute atomic E-state index is 13.5. The molecule has 2 heterocycles. The van der Waals surface area contributed by atoms with E-state index in [1.807, 2.05) is 56.0 Å². The summed E-state index contributed by atoms with van der Waals surface area (Å²) >= 11 is 0. The minimum absolute atomic E-state index is 0.0144. The second-order valence-electron chi connectivity index (χ2n) is 9.27. The lowest BCUT2D eigenvalue weighted by Gasteiger charge is -2.44. The van der Waals surface area contributed by atoms with E-state index >= 15 is 0 Å². The summed E-state index contributed by atoms with van der Waals surface area (Å²) in [6, 6.07) is 9.86. The zero-order valence-electron chi connectivity index (χ0n) is 18.1. The molecule has 1 aromatic carbocycles. The average molecular weight is 401 g/mol. The van der Waals surface area contributed by atoms with Gasteiger partial charge >= 0.3 is 0 Å². The van der Waals surface area contributed by atoms with E-state index in [0.717, 1.165) is 5.69 Å². The normalized spacial score (nSPS) is 19.1. The van der Waals surface area contributed by atoms with Crippen molar-refractivity contribution in [1.29, 1.82) is 0 Å². The number of likely N-dealkylation sites (tertiary alicyclic amines) is 1. The van der Waals surface area contributed by atoms with Crippen LogP contribution in [-0.2, 0) is 14.4 Å². The Labute approximate surface area is 173 Å². The van der Waals surface area contributed by atoms with E-state index in [-0.39, 0.29) is 24.3 Å². The standard InChI is InChI=1S/C22H32N4O3/c1-21(2,3)19(28)24-13-11-22(12-14-24)20(29)25(15-18(27)23(4)5)16-26(22)17-9-7-6-8-10-17/h6-10H,11-16H2,1-5H3. The van der Waals surface area contributed by atoms with Crippen LogP contribution in [0.15, 0.2) is 30.3 Å². The van der Waals surface area contributed by atoms with Crippen LogP contribution in [0.4, 0.5) is 5.69 Å². The molecule has 2 aliphatic heterocycles. The van der Waals surface area contributed by atoms with E-state index in [9.17, 15) is 14.4 Å². The Bertz CT molecular complexity index is 777. The summed E-state index contributed by atoms with van der Waals surface area (Å²) in [5, 5.41) is 0. The van der Waals surface area contributed by atoms with Gasteiger partial charge in [-0.1, -0.05) is 39.0 Å². The number of piperidine rings is 1. The molecule has 0 atom stereocenters. The van der Waals surface area contributed by atoms with Gasteiger partial charge in [0.05, 0.1) is 6.67 Å². The second-order valence-corrected chi connectivity index (χ2v) is 9.27. The lowest BCUT2D eigenvalue weighted by molar-refractivity contribution is -0.144. The number of nitrogens with zero attached hydrogens (tertiary/aromatic N) is 4. The Balaban J connectivity index is 1.87. The van der Waals surface area contributed by atoms with Gasteiger partial charge in [-0.2, -0.15) is 0 Å². The Hall–Kier alpha value is -2.57. The third kappa shape index (κ3) is 3.95. The van der Waals surface area contributed by atoms with Crippen LogP contribution in [0.3, 0.4) is 0 Å². The van der Waals surface area contributed by atoms with E-state index in [4.69, 9.17) is 0 Å². The first-order valence-corrected chi connectivity index (χ1v) is 10.2. The molecule has 0 unspecified atom stereocenters. The quantitative estimate of drug-likeness (QED) is 0.776. The van der Waals surface area contributed by atoms with Crippen molar-refractivity contribution in [2.75, 3.05) is 45.3 Å². The fraction of sp³-hybridized carbons (Fsp3) is 0.591. The number of carbonyl (C=O) groups excluding carboxylic acids is 3. The van der Waals surface area contributed by atoms with Crippen molar-refractivity contribution in [1.82, 2.24) is 14.7 Å². The van der Waals surface area contributed by atoms with Crippen LogP contribution < -0.4 is 4.90 Å². The average Bonchev–Trinajstić information content (AvgIpc) is 2.94. The molecule has 1 spiro atoms. The molecule has 0 bridgehead atoms. The predicted octanol–water partition coefficient (Wildman–Crippen LogP) is 1.79. The largest absolute Gasteiger partial charge is 0.347 e. The van der Waals surface area contributed by atoms with Crippen LogP contribution in [0, 0.1) is 5.41 Å². The predicted molar refractivity (Wildman–Crippen MR) is 112 cm³/mol. The highest BCUT2D eigenvalue weighted by Gasteiger charge is 2.54. The zero-order valence-corrected chi connectivity index (χ0v) is 18.1. The minimum atomic E-state index is -0.706. The molecule has 0 saturated carbocycles. The second kappa shape index (κ2) is 7.69. The molecule has 0 aromatic heterocycles. The van der Waals surface area contributed by atoms with Crippen LogP contribution in [0.25, 0.3) is 0 Å². The highest BCUT2D eigenvalue weighted by molar-refractivity contribution is 5.96. The first-order valence-electron chi connectivity index (χ1n) is 10.2. The number of anilines is 1. The zero-order chi connectivity index (χ0) is 21.4. The van der Waals surface area contributed by atoms with Crippen LogP contribution in [0.1, 0.15) is 33.6 Å². The number of para-hydroxylation sites is 1. The molecule has 3 amide bonds. The van der Waals surface area contributed by atoms with Crippen molar-refractivity contribution >= 4 is 23.4 Å². The number of amides is 3. The van der Waals surface area contributed by atoms with Gasteiger partial charge in [-0.15, -0.1) is 0 Å². The highest BCUT2D eigenvalue weighted by atomic mass is 16.2. The topological polar surface area (TPSA) is 64.2 Å². The van der Waals surface area contributed by atoms with Crippen molar-refractivity contribution < 1.29 is 14.4 Å². The monoisotopic (exact) mass is 400 g/mol. The van der Waals surface area contributed by atoms with Gasteiger partial charge in [0, 0.05) is 38.3 Å². The number of hydrogen-bond acceptors (Lipinski definition) is 4. The third-order valence-corrected chi connectivity index (χ3v) is 5.93. The molecule has 0 N–H and O–H groups in total. The van der Waals surface area contributed by atoms with Crippen molar-refractivity contribution in [3.05, 3.63) is 30.3 Å². The molecule has 2 aliphatic rings. The van der Waals surface area contributed by atoms with Crippen molar-refractivity contribution in [2.24, 2.45) is 5.41 Å². The number of benzene rings is 1. The van der Waals surface area contributed by atoms with Gasteiger partial charge in [-0.05, 0) is 25.0 Å². The molecule has 158 valence electrons. The summed E-state index contributed by atoms with van der Waals surface area (Å²) in [7, 11) is 3.40. The number of rotatable bonds is 3. The van der Waals surface area contributed by atoms with Crippen LogP contribution in [0.5, 0.6) is 0 Å². The Morgan fingerprint density at radius 3 is 2.17 bits per heavy atom. The molecule has 7 nitrogen and oxygen atoms in total. The molecular formula is C22H32N4O3. The van der Waals surface area contributed by atoms with Gasteiger partial charge in [0.25, 0.3) is 5.91 Å². The molecule has 2 fully saturated rings. The van der Waals surface area contributed by atoms with Crippen molar-refractivity contribution in [2.45, 2.75) is 39.2 Å². The maximum atomic E-state index is 13.5. The van der Waals surface area contributed by atoms with Crippen LogP contribution in [0.2, 0.25) is 0 Å². The molecular weight excluding hydrogens is 368 g/mol. The molecule has 0 aliphatic carbocycles. The van der Waals surface area contributed by atoms with Crippen molar-refractivity contribution in [3.63, 3.8) is 0 Å². The smallest absolute Gasteiger partial charge is 0.250 e. The van der Waals surface area contributed by atoms with Gasteiger partial charge in [-0.25, -0.2) is 0 Å². The Morgan fingerprint density at radius 1 is 1.07 bits per heavy atom. The van der Waals surface area contributed by atoms with Crippen LogP contribution >= 0.6 is 0 Å². The molecule has 29 heavy (non-hydrogen) atoms. The first kappa shape index (κ1) is 21.1. The lowest BCUT2D eigenvalue weighted by atomic mass is 9.84.